The van der Waals surface area contributed by atoms with Crippen molar-refractivity contribution < 1.29 is 18.1 Å². The molecule has 0 unspecified atom stereocenters. The van der Waals surface area contributed by atoms with Crippen molar-refractivity contribution in [3.05, 3.63) is 57.4 Å². The first kappa shape index (κ1) is 16.3. The summed E-state index contributed by atoms with van der Waals surface area (Å²) >= 11 is 0. The van der Waals surface area contributed by atoms with Crippen LogP contribution in [0.15, 0.2) is 35.6 Å². The van der Waals surface area contributed by atoms with E-state index < -0.39 is 16.8 Å². The molecule has 0 bridgehead atoms. The Morgan fingerprint density at radius 1 is 1.30 bits per heavy atom. The Morgan fingerprint density at radius 3 is 2.52 bits per heavy atom. The van der Waals surface area contributed by atoms with Crippen LogP contribution in [0.25, 0.3) is 0 Å². The SMILES string of the molecule is Cc1cnc(N/N=C/c2ccc([N+](=O)[O-])cc2)nc1C(F)(F)F. The molecule has 2 rings (SSSR count). The summed E-state index contributed by atoms with van der Waals surface area (Å²) in [6, 6.07) is 5.46. The minimum absolute atomic E-state index is 0.0770. The van der Waals surface area contributed by atoms with Crippen LogP contribution in [0.5, 0.6) is 0 Å². The lowest BCUT2D eigenvalue weighted by Gasteiger charge is -2.09. The van der Waals surface area contributed by atoms with Gasteiger partial charge in [-0.3, -0.25) is 10.1 Å². The molecule has 1 N–H and O–H groups in total. The van der Waals surface area contributed by atoms with Crippen LogP contribution in [-0.4, -0.2) is 21.1 Å². The number of hydrogen-bond acceptors (Lipinski definition) is 6. The van der Waals surface area contributed by atoms with Gasteiger partial charge >= 0.3 is 6.18 Å². The fourth-order valence-electron chi connectivity index (χ4n) is 1.63. The number of anilines is 1. The molecule has 0 saturated carbocycles. The Balaban J connectivity index is 2.10. The number of nitro benzene ring substituents is 1. The number of aromatic nitrogens is 2. The predicted molar refractivity (Wildman–Crippen MR) is 76.1 cm³/mol. The molecule has 0 saturated heterocycles. The number of nitrogens with zero attached hydrogens (tertiary/aromatic N) is 4. The van der Waals surface area contributed by atoms with Gasteiger partial charge in [-0.25, -0.2) is 15.4 Å². The number of halogens is 3. The van der Waals surface area contributed by atoms with Gasteiger partial charge in [0.25, 0.3) is 5.69 Å². The van der Waals surface area contributed by atoms with Gasteiger partial charge in [0, 0.05) is 18.3 Å². The lowest BCUT2D eigenvalue weighted by atomic mass is 10.2. The molecular formula is C13H10F3N5O2. The van der Waals surface area contributed by atoms with Gasteiger partial charge in [-0.05, 0) is 30.2 Å². The van der Waals surface area contributed by atoms with Gasteiger partial charge in [0.05, 0.1) is 11.1 Å². The van der Waals surface area contributed by atoms with Crippen molar-refractivity contribution in [1.82, 2.24) is 9.97 Å². The third-order valence-corrected chi connectivity index (χ3v) is 2.72. The van der Waals surface area contributed by atoms with Gasteiger partial charge in [-0.15, -0.1) is 0 Å². The Morgan fingerprint density at radius 2 is 1.96 bits per heavy atom. The summed E-state index contributed by atoms with van der Waals surface area (Å²) in [6.07, 6.45) is -2.26. The van der Waals surface area contributed by atoms with E-state index in [2.05, 4.69) is 20.5 Å². The van der Waals surface area contributed by atoms with Gasteiger partial charge in [-0.1, -0.05) is 0 Å². The number of benzene rings is 1. The lowest BCUT2D eigenvalue weighted by molar-refractivity contribution is -0.384. The average Bonchev–Trinajstić information content (AvgIpc) is 2.48. The van der Waals surface area contributed by atoms with Gasteiger partial charge in [0.15, 0.2) is 5.69 Å². The second-order valence-electron chi connectivity index (χ2n) is 4.44. The topological polar surface area (TPSA) is 93.3 Å². The number of non-ortho nitro benzene ring substituents is 1. The van der Waals surface area contributed by atoms with Crippen LogP contribution in [0.1, 0.15) is 16.8 Å². The number of hydrogen-bond donors (Lipinski definition) is 1. The van der Waals surface area contributed by atoms with Crippen molar-refractivity contribution in [2.45, 2.75) is 13.1 Å². The van der Waals surface area contributed by atoms with Gasteiger partial charge in [-0.2, -0.15) is 18.3 Å². The highest BCUT2D eigenvalue weighted by atomic mass is 19.4. The second-order valence-corrected chi connectivity index (χ2v) is 4.44. The van der Waals surface area contributed by atoms with E-state index in [0.717, 1.165) is 6.20 Å². The van der Waals surface area contributed by atoms with Gasteiger partial charge in [0.2, 0.25) is 5.95 Å². The quantitative estimate of drug-likeness (QED) is 0.529. The number of rotatable bonds is 4. The largest absolute Gasteiger partial charge is 0.433 e. The molecule has 1 heterocycles. The van der Waals surface area contributed by atoms with E-state index in [9.17, 15) is 23.3 Å². The molecule has 1 aromatic carbocycles. The smallest absolute Gasteiger partial charge is 0.258 e. The highest BCUT2D eigenvalue weighted by Gasteiger charge is 2.34. The van der Waals surface area contributed by atoms with Gasteiger partial charge in [0.1, 0.15) is 0 Å². The molecule has 0 aliphatic heterocycles. The molecule has 0 aliphatic carbocycles. The average molecular weight is 325 g/mol. The van der Waals surface area contributed by atoms with Crippen molar-refractivity contribution in [3.63, 3.8) is 0 Å². The zero-order chi connectivity index (χ0) is 17.0. The van der Waals surface area contributed by atoms with Crippen LogP contribution < -0.4 is 5.43 Å². The highest BCUT2D eigenvalue weighted by molar-refractivity contribution is 5.80. The summed E-state index contributed by atoms with van der Waals surface area (Å²) in [6.45, 7) is 1.26. The Kier molecular flexibility index (Phi) is 4.53. The van der Waals surface area contributed by atoms with Crippen LogP contribution in [-0.2, 0) is 6.18 Å². The first-order valence-electron chi connectivity index (χ1n) is 6.22. The van der Waals surface area contributed by atoms with Gasteiger partial charge < -0.3 is 0 Å². The first-order valence-corrected chi connectivity index (χ1v) is 6.22. The summed E-state index contributed by atoms with van der Waals surface area (Å²) in [5.41, 5.74) is 1.59. The van der Waals surface area contributed by atoms with Crippen molar-refractivity contribution in [3.8, 4) is 0 Å². The standard InChI is InChI=1S/C13H10F3N5O2/c1-8-6-17-12(19-11(8)13(14,15)16)20-18-7-9-2-4-10(5-3-9)21(22)23/h2-7H,1H3,(H,17,19,20)/b18-7+. The predicted octanol–water partition coefficient (Wildman–Crippen LogP) is 3.16. The molecule has 0 aliphatic rings. The molecule has 23 heavy (non-hydrogen) atoms. The normalized spacial score (nSPS) is 11.7. The maximum atomic E-state index is 12.7. The number of nitro groups is 1. The van der Waals surface area contributed by atoms with Crippen molar-refractivity contribution in [2.24, 2.45) is 5.10 Å². The summed E-state index contributed by atoms with van der Waals surface area (Å²) in [5.74, 6) is -0.305. The number of hydrazone groups is 1. The fourth-order valence-corrected chi connectivity index (χ4v) is 1.63. The number of alkyl halides is 3. The molecule has 0 radical (unpaired) electrons. The Hall–Kier alpha value is -3.04. The third kappa shape index (κ3) is 4.22. The van der Waals surface area contributed by atoms with Crippen LogP contribution >= 0.6 is 0 Å². The van der Waals surface area contributed by atoms with Crippen LogP contribution in [0.4, 0.5) is 24.8 Å². The molecular weight excluding hydrogens is 315 g/mol. The summed E-state index contributed by atoms with van der Waals surface area (Å²) in [5, 5.41) is 14.2. The maximum absolute atomic E-state index is 12.7. The number of aryl methyl sites for hydroxylation is 1. The minimum Gasteiger partial charge on any atom is -0.258 e. The van der Waals surface area contributed by atoms with E-state index in [1.165, 1.54) is 37.4 Å². The fraction of sp³-hybridized carbons (Fsp3) is 0.154. The number of nitrogens with one attached hydrogen (secondary N) is 1. The van der Waals surface area contributed by atoms with E-state index in [1.54, 1.807) is 0 Å². The highest BCUT2D eigenvalue weighted by Crippen LogP contribution is 2.30. The molecule has 0 amide bonds. The Bertz CT molecular complexity index is 744. The van der Waals surface area contributed by atoms with E-state index >= 15 is 0 Å². The van der Waals surface area contributed by atoms with Crippen LogP contribution in [0.3, 0.4) is 0 Å². The molecule has 120 valence electrons. The second kappa shape index (κ2) is 6.38. The van der Waals surface area contributed by atoms with Crippen molar-refractivity contribution in [2.75, 3.05) is 5.43 Å². The zero-order valence-electron chi connectivity index (χ0n) is 11.7. The summed E-state index contributed by atoms with van der Waals surface area (Å²) < 4.78 is 38.1. The van der Waals surface area contributed by atoms with E-state index in [4.69, 9.17) is 0 Å². The lowest BCUT2D eigenvalue weighted by Crippen LogP contribution is -2.12. The molecule has 10 heteroatoms. The monoisotopic (exact) mass is 325 g/mol. The molecule has 0 spiro atoms. The van der Waals surface area contributed by atoms with E-state index in [0.29, 0.717) is 5.56 Å². The minimum atomic E-state index is -4.58. The maximum Gasteiger partial charge on any atom is 0.433 e. The first-order chi connectivity index (χ1) is 10.8. The summed E-state index contributed by atoms with van der Waals surface area (Å²) in [7, 11) is 0. The van der Waals surface area contributed by atoms with Crippen LogP contribution in [0.2, 0.25) is 0 Å². The van der Waals surface area contributed by atoms with E-state index in [1.807, 2.05) is 0 Å². The molecule has 1 aromatic heterocycles. The molecule has 0 atom stereocenters. The summed E-state index contributed by atoms with van der Waals surface area (Å²) in [4.78, 5) is 17.0. The molecule has 2 aromatic rings. The Labute approximate surface area is 128 Å². The molecule has 7 nitrogen and oxygen atoms in total. The third-order valence-electron chi connectivity index (χ3n) is 2.72. The van der Waals surface area contributed by atoms with Crippen LogP contribution in [0, 0.1) is 17.0 Å². The van der Waals surface area contributed by atoms with Crippen molar-refractivity contribution in [1.29, 1.82) is 0 Å². The van der Waals surface area contributed by atoms with Crippen molar-refractivity contribution >= 4 is 17.9 Å². The van der Waals surface area contributed by atoms with E-state index in [-0.39, 0.29) is 17.2 Å². The zero-order valence-corrected chi connectivity index (χ0v) is 11.7. The molecule has 0 fully saturated rings.